The minimum atomic E-state index is -0.437. The molecule has 1 saturated carbocycles. The van der Waals surface area contributed by atoms with E-state index < -0.39 is 5.97 Å². The highest BCUT2D eigenvalue weighted by molar-refractivity contribution is 5.96. The van der Waals surface area contributed by atoms with Crippen molar-refractivity contribution in [3.8, 4) is 5.88 Å². The van der Waals surface area contributed by atoms with E-state index in [4.69, 9.17) is 15.2 Å². The number of nitrogen functional groups attached to an aromatic ring is 1. The zero-order valence-electron chi connectivity index (χ0n) is 13.0. The van der Waals surface area contributed by atoms with Crippen LogP contribution < -0.4 is 10.5 Å². The third-order valence-corrected chi connectivity index (χ3v) is 3.86. The summed E-state index contributed by atoms with van der Waals surface area (Å²) in [7, 11) is 0. The molecule has 0 bridgehead atoms. The number of carbonyl (C=O) groups excluding carboxylic acids is 1. The fraction of sp³-hybridized carbons (Fsp3) is 0.625. The van der Waals surface area contributed by atoms with Crippen LogP contribution in [0.25, 0.3) is 0 Å². The van der Waals surface area contributed by atoms with E-state index in [1.807, 2.05) is 0 Å². The van der Waals surface area contributed by atoms with Crippen molar-refractivity contribution in [3.05, 3.63) is 17.8 Å². The van der Waals surface area contributed by atoms with Gasteiger partial charge in [0.25, 0.3) is 0 Å². The van der Waals surface area contributed by atoms with Crippen molar-refractivity contribution in [1.82, 2.24) is 4.98 Å². The number of esters is 1. The molecule has 2 atom stereocenters. The molecule has 2 rings (SSSR count). The zero-order valence-corrected chi connectivity index (χ0v) is 13.0. The number of nitrogens with zero attached hydrogens (tertiary/aromatic N) is 1. The molecule has 1 aromatic rings. The summed E-state index contributed by atoms with van der Waals surface area (Å²) in [6.45, 7) is 6.54. The predicted molar refractivity (Wildman–Crippen MR) is 81.2 cm³/mol. The first-order chi connectivity index (χ1) is 10.0. The number of rotatable bonds is 4. The molecule has 0 aliphatic heterocycles. The van der Waals surface area contributed by atoms with E-state index in [0.717, 1.165) is 12.8 Å². The van der Waals surface area contributed by atoms with Gasteiger partial charge in [0.2, 0.25) is 5.88 Å². The maximum atomic E-state index is 11.8. The lowest BCUT2D eigenvalue weighted by Crippen LogP contribution is -2.29. The summed E-state index contributed by atoms with van der Waals surface area (Å²) in [6, 6.07) is 1.56. The molecule has 1 fully saturated rings. The van der Waals surface area contributed by atoms with Crippen LogP contribution in [0.4, 0.5) is 5.69 Å². The molecule has 5 nitrogen and oxygen atoms in total. The molecule has 116 valence electrons. The van der Waals surface area contributed by atoms with Gasteiger partial charge in [-0.25, -0.2) is 9.78 Å². The monoisotopic (exact) mass is 292 g/mol. The highest BCUT2D eigenvalue weighted by atomic mass is 16.5. The second kappa shape index (κ2) is 6.78. The normalized spacial score (nSPS) is 25.4. The van der Waals surface area contributed by atoms with E-state index in [2.05, 4.69) is 18.8 Å². The van der Waals surface area contributed by atoms with Crippen LogP contribution in [0, 0.1) is 11.8 Å². The first-order valence-electron chi connectivity index (χ1n) is 7.59. The lowest BCUT2D eigenvalue weighted by Gasteiger charge is -2.31. The summed E-state index contributed by atoms with van der Waals surface area (Å²) in [5.41, 5.74) is 6.60. The molecular weight excluding hydrogens is 268 g/mol. The number of aromatic nitrogens is 1. The maximum Gasteiger partial charge on any atom is 0.340 e. The van der Waals surface area contributed by atoms with Crippen LogP contribution in [0.15, 0.2) is 12.3 Å². The fourth-order valence-electron chi connectivity index (χ4n) is 3.06. The number of pyridine rings is 1. The van der Waals surface area contributed by atoms with E-state index in [1.54, 1.807) is 13.0 Å². The Bertz CT molecular complexity index is 494. The number of ether oxygens (including phenoxy) is 2. The molecule has 0 aromatic carbocycles. The lowest BCUT2D eigenvalue weighted by atomic mass is 9.82. The van der Waals surface area contributed by atoms with Crippen LogP contribution in [0.3, 0.4) is 0 Å². The van der Waals surface area contributed by atoms with Gasteiger partial charge in [0, 0.05) is 6.20 Å². The maximum absolute atomic E-state index is 11.8. The van der Waals surface area contributed by atoms with E-state index in [0.29, 0.717) is 29.9 Å². The van der Waals surface area contributed by atoms with Gasteiger partial charge in [-0.3, -0.25) is 0 Å². The Kier molecular flexibility index (Phi) is 5.04. The van der Waals surface area contributed by atoms with E-state index in [-0.39, 0.29) is 11.8 Å². The third kappa shape index (κ3) is 3.86. The second-order valence-electron chi connectivity index (χ2n) is 5.96. The van der Waals surface area contributed by atoms with E-state index in [1.165, 1.54) is 12.6 Å². The third-order valence-electron chi connectivity index (χ3n) is 3.86. The van der Waals surface area contributed by atoms with Crippen LogP contribution in [-0.2, 0) is 4.74 Å². The van der Waals surface area contributed by atoms with Crippen molar-refractivity contribution in [1.29, 1.82) is 0 Å². The number of hydrogen-bond acceptors (Lipinski definition) is 5. The summed E-state index contributed by atoms with van der Waals surface area (Å²) < 4.78 is 10.9. The van der Waals surface area contributed by atoms with Gasteiger partial charge >= 0.3 is 5.97 Å². The van der Waals surface area contributed by atoms with Crippen LogP contribution in [0.5, 0.6) is 5.88 Å². The minimum absolute atomic E-state index is 0.107. The Morgan fingerprint density at radius 2 is 2.00 bits per heavy atom. The lowest BCUT2D eigenvalue weighted by molar-refractivity contribution is 0.0525. The van der Waals surface area contributed by atoms with Crippen molar-refractivity contribution in [2.24, 2.45) is 11.8 Å². The SMILES string of the molecule is CCOC(=O)c1ccnc(OC2CC(C)CC(C)C2)c1N. The van der Waals surface area contributed by atoms with Crippen LogP contribution in [-0.4, -0.2) is 23.7 Å². The van der Waals surface area contributed by atoms with Crippen LogP contribution in [0.2, 0.25) is 0 Å². The Balaban J connectivity index is 2.13. The van der Waals surface area contributed by atoms with Gasteiger partial charge in [-0.05, 0) is 44.1 Å². The quantitative estimate of drug-likeness (QED) is 0.863. The van der Waals surface area contributed by atoms with Gasteiger partial charge in [-0.2, -0.15) is 0 Å². The second-order valence-corrected chi connectivity index (χ2v) is 5.96. The van der Waals surface area contributed by atoms with Crippen LogP contribution >= 0.6 is 0 Å². The van der Waals surface area contributed by atoms with Gasteiger partial charge < -0.3 is 15.2 Å². The molecule has 0 amide bonds. The molecule has 0 spiro atoms. The Morgan fingerprint density at radius 1 is 1.33 bits per heavy atom. The molecule has 1 aliphatic rings. The summed E-state index contributed by atoms with van der Waals surface area (Å²) in [5.74, 6) is 1.17. The molecule has 0 radical (unpaired) electrons. The number of hydrogen-bond donors (Lipinski definition) is 1. The van der Waals surface area contributed by atoms with Gasteiger partial charge in [0.05, 0.1) is 12.2 Å². The molecule has 2 unspecified atom stereocenters. The predicted octanol–water partition coefficient (Wildman–Crippen LogP) is 3.04. The number of nitrogens with two attached hydrogens (primary N) is 1. The summed E-state index contributed by atoms with van der Waals surface area (Å²) in [5, 5.41) is 0. The van der Waals surface area contributed by atoms with Crippen LogP contribution in [0.1, 0.15) is 50.4 Å². The smallest absolute Gasteiger partial charge is 0.340 e. The summed E-state index contributed by atoms with van der Waals surface area (Å²) in [4.78, 5) is 16.0. The molecule has 1 aliphatic carbocycles. The average Bonchev–Trinajstić information content (AvgIpc) is 2.40. The Labute approximate surface area is 125 Å². The zero-order chi connectivity index (χ0) is 15.4. The molecule has 5 heteroatoms. The summed E-state index contributed by atoms with van der Waals surface area (Å²) >= 11 is 0. The molecule has 1 aromatic heterocycles. The van der Waals surface area contributed by atoms with Crippen molar-refractivity contribution in [2.45, 2.75) is 46.1 Å². The van der Waals surface area contributed by atoms with Gasteiger partial charge in [-0.1, -0.05) is 13.8 Å². The Hall–Kier alpha value is -1.78. The molecule has 0 saturated heterocycles. The van der Waals surface area contributed by atoms with Crippen molar-refractivity contribution < 1.29 is 14.3 Å². The van der Waals surface area contributed by atoms with Gasteiger partial charge in [-0.15, -0.1) is 0 Å². The average molecular weight is 292 g/mol. The highest BCUT2D eigenvalue weighted by Gasteiger charge is 2.26. The number of carbonyl (C=O) groups is 1. The van der Waals surface area contributed by atoms with E-state index in [9.17, 15) is 4.79 Å². The summed E-state index contributed by atoms with van der Waals surface area (Å²) in [6.07, 6.45) is 4.86. The molecule has 1 heterocycles. The van der Waals surface area contributed by atoms with Crippen molar-refractivity contribution in [2.75, 3.05) is 12.3 Å². The molecule has 2 N–H and O–H groups in total. The van der Waals surface area contributed by atoms with Gasteiger partial charge in [0.15, 0.2) is 0 Å². The van der Waals surface area contributed by atoms with E-state index >= 15 is 0 Å². The topological polar surface area (TPSA) is 74.4 Å². The number of anilines is 1. The first-order valence-corrected chi connectivity index (χ1v) is 7.59. The largest absolute Gasteiger partial charge is 0.473 e. The fourth-order valence-corrected chi connectivity index (χ4v) is 3.06. The highest BCUT2D eigenvalue weighted by Crippen LogP contribution is 2.33. The van der Waals surface area contributed by atoms with Crippen molar-refractivity contribution in [3.63, 3.8) is 0 Å². The Morgan fingerprint density at radius 3 is 2.62 bits per heavy atom. The standard InChI is InChI=1S/C16H24N2O3/c1-4-20-16(19)13-5-6-18-15(14(13)17)21-12-8-10(2)7-11(3)9-12/h5-6,10-12H,4,7-9,17H2,1-3H3. The molecular formula is C16H24N2O3. The first kappa shape index (κ1) is 15.6. The minimum Gasteiger partial charge on any atom is -0.473 e. The van der Waals surface area contributed by atoms with Crippen molar-refractivity contribution >= 4 is 11.7 Å². The molecule has 21 heavy (non-hydrogen) atoms. The van der Waals surface area contributed by atoms with Gasteiger partial charge in [0.1, 0.15) is 11.8 Å².